The van der Waals surface area contributed by atoms with Gasteiger partial charge < -0.3 is 130 Å². The average molecular weight is 1950 g/mol. The number of para-hydroxylation sites is 1. The van der Waals surface area contributed by atoms with Crippen molar-refractivity contribution in [2.24, 2.45) is 0 Å². The summed E-state index contributed by atoms with van der Waals surface area (Å²) >= 11 is 0. The minimum atomic E-state index is -1.32. The van der Waals surface area contributed by atoms with E-state index in [4.69, 9.17) is 35.3 Å². The van der Waals surface area contributed by atoms with Crippen molar-refractivity contribution in [3.8, 4) is 0 Å². The molecular formula is C67H123N16O16WY4-5. The van der Waals surface area contributed by atoms with E-state index in [2.05, 4.69) is 61.5 Å². The third-order valence-electron chi connectivity index (χ3n) is 12.8. The number of H-pyrrole nitrogens is 1. The molecule has 3 saturated heterocycles. The van der Waals surface area contributed by atoms with Crippen molar-refractivity contribution in [1.29, 1.82) is 0 Å². The molecule has 104 heavy (non-hydrogen) atoms. The summed E-state index contributed by atoms with van der Waals surface area (Å²) in [7, 11) is 6.89. The van der Waals surface area contributed by atoms with Crippen LogP contribution in [0, 0.1) is 71.8 Å². The number of nitrogens with one attached hydrogen (secondary N) is 6. The Hall–Kier alpha value is -2.76. The fourth-order valence-corrected chi connectivity index (χ4v) is 8.22. The Labute approximate surface area is 733 Å². The van der Waals surface area contributed by atoms with Crippen LogP contribution in [0.15, 0.2) is 80.5 Å². The zero-order valence-electron chi connectivity index (χ0n) is 66.0. The Morgan fingerprint density at radius 1 is 0.442 bits per heavy atom. The van der Waals surface area contributed by atoms with Crippen LogP contribution in [0.3, 0.4) is 0 Å². The number of ether oxygens (including phenoxy) is 3. The number of rotatable bonds is 12. The molecule has 3 aliphatic rings. The van der Waals surface area contributed by atoms with Crippen LogP contribution in [0.25, 0.3) is 0 Å². The summed E-state index contributed by atoms with van der Waals surface area (Å²) in [5.74, 6) is 3.14. The van der Waals surface area contributed by atoms with Crippen LogP contribution >= 0.6 is 0 Å². The number of benzene rings is 1. The first-order valence-corrected chi connectivity index (χ1v) is 31.3. The number of nitrogens with zero attached hydrogens (tertiary/aromatic N) is 9. The Bertz CT molecular complexity index is 3230. The molecule has 0 amide bonds. The summed E-state index contributed by atoms with van der Waals surface area (Å²) in [6.07, 6.45) is -5.94. The monoisotopic (exact) mass is 1950 g/mol. The molecule has 6 aromatic rings. The molecule has 9 rings (SSSR count). The minimum absolute atomic E-state index is 0. The number of nitrogen functional groups attached to an aromatic ring is 1. The van der Waals surface area contributed by atoms with E-state index in [1.54, 1.807) is 48.1 Å². The van der Waals surface area contributed by atoms with E-state index in [1.165, 1.54) is 24.8 Å². The van der Waals surface area contributed by atoms with Crippen molar-refractivity contribution in [3.63, 3.8) is 0 Å². The van der Waals surface area contributed by atoms with Crippen molar-refractivity contribution in [1.82, 2.24) is 48.6 Å². The van der Waals surface area contributed by atoms with Crippen LogP contribution < -0.4 is 55.1 Å². The molecule has 5 aromatic heterocycles. The van der Waals surface area contributed by atoms with Gasteiger partial charge in [-0.05, 0) is 46.8 Å². The van der Waals surface area contributed by atoms with Crippen LogP contribution in [-0.2, 0) is 166 Å². The second-order valence-corrected chi connectivity index (χ2v) is 18.6. The molecule has 590 valence electrons. The van der Waals surface area contributed by atoms with Crippen LogP contribution in [0.1, 0.15) is 130 Å². The summed E-state index contributed by atoms with van der Waals surface area (Å²) in [4.78, 5) is 71.8. The molecule has 4 radical (unpaired) electrons. The molecule has 0 aliphatic carbocycles. The van der Waals surface area contributed by atoms with E-state index < -0.39 is 111 Å². The van der Waals surface area contributed by atoms with Gasteiger partial charge in [0.2, 0.25) is 5.95 Å². The first-order chi connectivity index (χ1) is 45.0. The number of aliphatic hydroxyl groups excluding tert-OH is 9. The SMILES string of the molecule is CC.CC.CC.CC.CC.CC.CNc1[nH]c(=O)ncc1C.CNc1nc(=O)n(C2O[C@H](CO)[C@@H](O)[C@H]2O)cc1C.CNc1nc(=O)n(C2O[C@H](CO)[C@@H](O)[C@H]2O)cc1C.CNc1nc(Nc2ccccc2)ncc1C.Cc1cn(C2O[C@H](CO)[C@@H](O)[C@H]2O)c(=O)nc1N.[CH3-].[CH3-].[CH3-].[CH3-].[CH3-].[W].[Y].[Y].[Y].[Y]. The largest absolute Gasteiger partial charge is 0.394 e. The van der Waals surface area contributed by atoms with Gasteiger partial charge in [0.05, 0.1) is 19.8 Å². The van der Waals surface area contributed by atoms with Gasteiger partial charge in [-0.2, -0.15) is 19.9 Å². The predicted octanol–water partition coefficient (Wildman–Crippen LogP) is 5.24. The topological polar surface area (TPSA) is 472 Å². The van der Waals surface area contributed by atoms with Crippen LogP contribution in [-0.4, -0.2) is 197 Å². The van der Waals surface area contributed by atoms with E-state index in [-0.39, 0.29) is 201 Å². The molecule has 1 aromatic carbocycles. The molecule has 3 aliphatic heterocycles. The van der Waals surface area contributed by atoms with E-state index >= 15 is 0 Å². The number of anilines is 7. The molecule has 17 N–H and O–H groups in total. The maximum Gasteiger partial charge on any atom is 0.351 e. The Balaban J connectivity index is -0.0000000966. The summed E-state index contributed by atoms with van der Waals surface area (Å²) in [6.45, 7) is 31.7. The van der Waals surface area contributed by atoms with Crippen molar-refractivity contribution in [3.05, 3.63) is 168 Å². The Morgan fingerprint density at radius 2 is 0.750 bits per heavy atom. The fraction of sp³-hybridized carbons (Fsp3) is 0.537. The third kappa shape index (κ3) is 38.7. The normalized spacial score (nSPS) is 19.4. The first kappa shape index (κ1) is 128. The van der Waals surface area contributed by atoms with E-state index in [9.17, 15) is 49.8 Å². The molecule has 3 fully saturated rings. The summed E-state index contributed by atoms with van der Waals surface area (Å²) in [6, 6.07) is 9.86. The first-order valence-electron chi connectivity index (χ1n) is 31.3. The van der Waals surface area contributed by atoms with Gasteiger partial charge in [-0.1, -0.05) is 101 Å². The summed E-state index contributed by atoms with van der Waals surface area (Å²) < 4.78 is 19.1. The van der Waals surface area contributed by atoms with Crippen LogP contribution in [0.2, 0.25) is 0 Å². The number of aryl methyl sites for hydroxylation is 5. The van der Waals surface area contributed by atoms with Gasteiger partial charge >= 0.3 is 22.8 Å². The zero-order chi connectivity index (χ0) is 72.7. The van der Waals surface area contributed by atoms with Crippen molar-refractivity contribution in [2.45, 2.75) is 191 Å². The van der Waals surface area contributed by atoms with Gasteiger partial charge in [0.15, 0.2) is 18.7 Å². The zero-order valence-corrected chi connectivity index (χ0v) is 80.3. The Morgan fingerprint density at radius 3 is 1.05 bits per heavy atom. The fourth-order valence-electron chi connectivity index (χ4n) is 8.22. The van der Waals surface area contributed by atoms with Gasteiger partial charge in [0.1, 0.15) is 84.0 Å². The third-order valence-corrected chi connectivity index (χ3v) is 12.8. The van der Waals surface area contributed by atoms with Crippen molar-refractivity contribution in [2.75, 3.05) is 80.3 Å². The van der Waals surface area contributed by atoms with Crippen molar-refractivity contribution >= 4 is 40.7 Å². The quantitative estimate of drug-likeness (QED) is 0.0696. The number of aromatic amines is 1. The van der Waals surface area contributed by atoms with E-state index in [0.717, 1.165) is 42.2 Å². The molecule has 0 spiro atoms. The molecule has 8 heterocycles. The molecule has 3 unspecified atom stereocenters. The second-order valence-electron chi connectivity index (χ2n) is 18.6. The Kier molecular flexibility index (Phi) is 86.7. The van der Waals surface area contributed by atoms with Gasteiger partial charge in [-0.15, -0.1) is 0 Å². The number of aliphatic hydroxyl groups is 9. The standard InChI is InChI=1S/C12H14N4.2C11H17N3O5.C10H15N3O5.C6H9N3O.6C2H6.5CH3.W.4Y/c1-9-8-14-12(16-11(9)13-2)15-10-6-4-3-5-7-10;2*1-5-3-14(11(18)13-9(5)12-2)10-8(17)7(16)6(4-15)19-10;1-4-2-13(10(17)12-8(4)11)9-7(16)6(15)5(3-14)18-9;1-4-3-8-6(10)9-5(4)7-2;6*1-2;;;;;;;;;;/h3-8H,1-2H3,(H2,13,14,15,16);2*3,6-8,10,15-17H,4H2,1-2H3,(H,12,13,18);2,5-7,9,14-16H,3H2,1H3,(H2,11,12,17);3H,1-2H3,(H2,7,8,9,10);6*1-2H3;5*1H3;;;;;/q;;;;;;;;;;;5*-1;;;;;/t;2*6-,7-,8-,10?;5-,6-,7-,9?;;;;;;;;;;;;;;;;;/m.111................./s1. The molecule has 0 saturated carbocycles. The van der Waals surface area contributed by atoms with Crippen LogP contribution in [0.5, 0.6) is 0 Å². The van der Waals surface area contributed by atoms with Crippen molar-refractivity contribution < 1.29 is 212 Å². The molecule has 32 nitrogen and oxygen atoms in total. The number of hydrogen-bond acceptors (Lipinski definition) is 28. The maximum atomic E-state index is 11.9. The number of aromatic nitrogens is 10. The maximum absolute atomic E-state index is 11.9. The van der Waals surface area contributed by atoms with E-state index in [1.807, 2.05) is 134 Å². The van der Waals surface area contributed by atoms with Gasteiger partial charge in [0, 0.05) is 245 Å². The summed E-state index contributed by atoms with van der Waals surface area (Å²) in [5, 5.41) is 100. The van der Waals surface area contributed by atoms with Gasteiger partial charge in [-0.25, -0.2) is 29.1 Å². The van der Waals surface area contributed by atoms with Gasteiger partial charge in [0.25, 0.3) is 0 Å². The second kappa shape index (κ2) is 70.6. The van der Waals surface area contributed by atoms with Gasteiger partial charge in [-0.3, -0.25) is 18.7 Å². The molecule has 0 bridgehead atoms. The summed E-state index contributed by atoms with van der Waals surface area (Å²) in [5.41, 5.74) is 8.14. The van der Waals surface area contributed by atoms with E-state index in [0.29, 0.717) is 34.3 Å². The molecular weight excluding hydrogens is 1820 g/mol. The molecule has 37 heteroatoms. The smallest absolute Gasteiger partial charge is 0.351 e. The minimum Gasteiger partial charge on any atom is -0.394 e. The van der Waals surface area contributed by atoms with Crippen LogP contribution in [0.4, 0.5) is 40.7 Å². The predicted molar refractivity (Wildman–Crippen MR) is 398 cm³/mol. The number of nitrogens with two attached hydrogens (primary N) is 1. The number of hydrogen-bond donors (Lipinski definition) is 16. The average Bonchev–Trinajstić information content (AvgIpc) is 1.63. The molecule has 12 atom stereocenters.